The van der Waals surface area contributed by atoms with E-state index in [2.05, 4.69) is 15.9 Å². The Balaban J connectivity index is 2.87. The zero-order valence-corrected chi connectivity index (χ0v) is 9.51. The van der Waals surface area contributed by atoms with Crippen LogP contribution < -0.4 is 5.73 Å². The van der Waals surface area contributed by atoms with Crippen LogP contribution in [-0.2, 0) is 6.42 Å². The summed E-state index contributed by atoms with van der Waals surface area (Å²) in [6.45, 7) is 1.71. The van der Waals surface area contributed by atoms with Gasteiger partial charge in [-0.05, 0) is 24.6 Å². The van der Waals surface area contributed by atoms with Crippen LogP contribution >= 0.6 is 15.9 Å². The van der Waals surface area contributed by atoms with Gasteiger partial charge in [0.2, 0.25) is 0 Å². The summed E-state index contributed by atoms with van der Waals surface area (Å²) in [4.78, 5) is 0. The van der Waals surface area contributed by atoms with Crippen molar-refractivity contribution >= 4 is 15.9 Å². The van der Waals surface area contributed by atoms with Gasteiger partial charge in [0.1, 0.15) is 5.82 Å². The summed E-state index contributed by atoms with van der Waals surface area (Å²) in [5.74, 6) is -0.326. The van der Waals surface area contributed by atoms with E-state index in [4.69, 9.17) is 5.73 Å². The molecule has 0 fully saturated rings. The Hall–Kier alpha value is -0.450. The maximum absolute atomic E-state index is 13.3. The van der Waals surface area contributed by atoms with Crippen LogP contribution in [0.15, 0.2) is 22.7 Å². The molecule has 0 aliphatic rings. The average Bonchev–Trinajstić information content (AvgIpc) is 2.10. The summed E-state index contributed by atoms with van der Waals surface area (Å²) in [6, 6.07) is 4.76. The predicted octanol–water partition coefficient (Wildman–Crippen LogP) is 1.84. The van der Waals surface area contributed by atoms with E-state index in [-0.39, 0.29) is 18.8 Å². The zero-order valence-electron chi connectivity index (χ0n) is 7.93. The van der Waals surface area contributed by atoms with Gasteiger partial charge in [0.25, 0.3) is 0 Å². The highest BCUT2D eigenvalue weighted by atomic mass is 79.9. The fourth-order valence-corrected chi connectivity index (χ4v) is 1.48. The van der Waals surface area contributed by atoms with Gasteiger partial charge in [-0.25, -0.2) is 4.39 Å². The van der Waals surface area contributed by atoms with Crippen molar-refractivity contribution in [2.24, 2.45) is 5.73 Å². The zero-order chi connectivity index (χ0) is 10.8. The topological polar surface area (TPSA) is 46.2 Å². The lowest BCUT2D eigenvalue weighted by Gasteiger charge is -2.21. The van der Waals surface area contributed by atoms with Crippen LogP contribution in [0, 0.1) is 5.82 Å². The van der Waals surface area contributed by atoms with Gasteiger partial charge in [-0.15, -0.1) is 0 Å². The molecule has 0 aliphatic heterocycles. The minimum absolute atomic E-state index is 0.114. The van der Waals surface area contributed by atoms with E-state index in [1.165, 1.54) is 6.07 Å². The number of nitrogens with two attached hydrogens (primary N) is 1. The van der Waals surface area contributed by atoms with E-state index < -0.39 is 5.60 Å². The lowest BCUT2D eigenvalue weighted by Crippen LogP contribution is -2.36. The molecule has 0 saturated carbocycles. The largest absolute Gasteiger partial charge is 0.389 e. The number of aliphatic hydroxyl groups is 1. The van der Waals surface area contributed by atoms with Gasteiger partial charge in [0.05, 0.1) is 5.60 Å². The monoisotopic (exact) mass is 261 g/mol. The second-order valence-electron chi connectivity index (χ2n) is 3.61. The number of hydrogen-bond acceptors (Lipinski definition) is 2. The Morgan fingerprint density at radius 3 is 2.71 bits per heavy atom. The molecule has 4 heteroatoms. The fourth-order valence-electron chi connectivity index (χ4n) is 1.15. The van der Waals surface area contributed by atoms with Crippen LogP contribution in [0.5, 0.6) is 0 Å². The van der Waals surface area contributed by atoms with Crippen molar-refractivity contribution in [3.05, 3.63) is 34.1 Å². The van der Waals surface area contributed by atoms with E-state index in [0.29, 0.717) is 10.0 Å². The Morgan fingerprint density at radius 1 is 1.57 bits per heavy atom. The summed E-state index contributed by atoms with van der Waals surface area (Å²) in [7, 11) is 0. The second kappa shape index (κ2) is 4.38. The smallest absolute Gasteiger partial charge is 0.127 e. The number of halogens is 2. The Bertz CT molecular complexity index is 328. The molecule has 0 aliphatic carbocycles. The molecule has 1 aromatic rings. The quantitative estimate of drug-likeness (QED) is 0.873. The van der Waals surface area contributed by atoms with Crippen LogP contribution in [0.3, 0.4) is 0 Å². The summed E-state index contributed by atoms with van der Waals surface area (Å²) < 4.78 is 14.0. The first-order chi connectivity index (χ1) is 6.44. The highest BCUT2D eigenvalue weighted by Crippen LogP contribution is 2.19. The molecular formula is C10H13BrFNO. The summed E-state index contributed by atoms with van der Waals surface area (Å²) in [6.07, 6.45) is 0.225. The predicted molar refractivity (Wildman–Crippen MR) is 57.5 cm³/mol. The molecular weight excluding hydrogens is 249 g/mol. The average molecular weight is 262 g/mol. The standard InChI is InChI=1S/C10H13BrFNO/c1-10(14,6-13)5-7-2-3-8(11)4-9(7)12/h2-4,14H,5-6,13H2,1H3. The van der Waals surface area contributed by atoms with Gasteiger partial charge >= 0.3 is 0 Å². The number of hydrogen-bond donors (Lipinski definition) is 2. The highest BCUT2D eigenvalue weighted by molar-refractivity contribution is 9.10. The molecule has 2 nitrogen and oxygen atoms in total. The Labute approximate surface area is 91.1 Å². The van der Waals surface area contributed by atoms with Crippen molar-refractivity contribution in [2.45, 2.75) is 18.9 Å². The molecule has 0 spiro atoms. The summed E-state index contributed by atoms with van der Waals surface area (Å²) in [5.41, 5.74) is 4.78. The molecule has 3 N–H and O–H groups in total. The van der Waals surface area contributed by atoms with Gasteiger partial charge in [0, 0.05) is 17.4 Å². The SMILES string of the molecule is CC(O)(CN)Cc1ccc(Br)cc1F. The number of rotatable bonds is 3. The lowest BCUT2D eigenvalue weighted by molar-refractivity contribution is 0.0687. The van der Waals surface area contributed by atoms with Crippen LogP contribution in [0.2, 0.25) is 0 Å². The van der Waals surface area contributed by atoms with E-state index in [9.17, 15) is 9.50 Å². The molecule has 1 unspecified atom stereocenters. The Kier molecular flexibility index (Phi) is 3.64. The fraction of sp³-hybridized carbons (Fsp3) is 0.400. The van der Waals surface area contributed by atoms with Crippen molar-refractivity contribution in [1.82, 2.24) is 0 Å². The van der Waals surface area contributed by atoms with E-state index in [1.54, 1.807) is 19.1 Å². The van der Waals surface area contributed by atoms with E-state index in [1.807, 2.05) is 0 Å². The molecule has 1 atom stereocenters. The molecule has 1 rings (SSSR count). The molecule has 14 heavy (non-hydrogen) atoms. The minimum atomic E-state index is -1.05. The van der Waals surface area contributed by atoms with Gasteiger partial charge in [-0.1, -0.05) is 22.0 Å². The molecule has 0 bridgehead atoms. The number of benzene rings is 1. The third-order valence-corrected chi connectivity index (χ3v) is 2.52. The van der Waals surface area contributed by atoms with Crippen molar-refractivity contribution in [3.63, 3.8) is 0 Å². The molecule has 0 heterocycles. The van der Waals surface area contributed by atoms with Crippen molar-refractivity contribution in [1.29, 1.82) is 0 Å². The van der Waals surface area contributed by atoms with Crippen molar-refractivity contribution in [3.8, 4) is 0 Å². The maximum Gasteiger partial charge on any atom is 0.127 e. The lowest BCUT2D eigenvalue weighted by atomic mass is 9.96. The molecule has 0 aromatic heterocycles. The first-order valence-corrected chi connectivity index (χ1v) is 5.10. The second-order valence-corrected chi connectivity index (χ2v) is 4.53. The van der Waals surface area contributed by atoms with Crippen LogP contribution in [0.25, 0.3) is 0 Å². The van der Waals surface area contributed by atoms with Gasteiger partial charge in [0.15, 0.2) is 0 Å². The van der Waals surface area contributed by atoms with Crippen molar-refractivity contribution < 1.29 is 9.50 Å². The van der Waals surface area contributed by atoms with Crippen LogP contribution in [0.1, 0.15) is 12.5 Å². The third-order valence-electron chi connectivity index (χ3n) is 2.03. The summed E-state index contributed by atoms with van der Waals surface area (Å²) >= 11 is 3.17. The minimum Gasteiger partial charge on any atom is -0.389 e. The van der Waals surface area contributed by atoms with Crippen LogP contribution in [-0.4, -0.2) is 17.3 Å². The van der Waals surface area contributed by atoms with Gasteiger partial charge in [-0.2, -0.15) is 0 Å². The summed E-state index contributed by atoms with van der Waals surface area (Å²) in [5, 5.41) is 9.67. The van der Waals surface area contributed by atoms with Gasteiger partial charge in [-0.3, -0.25) is 0 Å². The van der Waals surface area contributed by atoms with E-state index >= 15 is 0 Å². The first kappa shape index (κ1) is 11.6. The van der Waals surface area contributed by atoms with Crippen LogP contribution in [0.4, 0.5) is 4.39 Å². The normalized spacial score (nSPS) is 15.2. The molecule has 78 valence electrons. The third kappa shape index (κ3) is 3.04. The van der Waals surface area contributed by atoms with E-state index in [0.717, 1.165) is 0 Å². The van der Waals surface area contributed by atoms with Crippen molar-refractivity contribution in [2.75, 3.05) is 6.54 Å². The van der Waals surface area contributed by atoms with Gasteiger partial charge < -0.3 is 10.8 Å². The first-order valence-electron chi connectivity index (χ1n) is 4.31. The Morgan fingerprint density at radius 2 is 2.21 bits per heavy atom. The molecule has 0 radical (unpaired) electrons. The molecule has 0 saturated heterocycles. The molecule has 1 aromatic carbocycles. The molecule has 0 amide bonds. The maximum atomic E-state index is 13.3. The highest BCUT2D eigenvalue weighted by Gasteiger charge is 2.20.